The van der Waals surface area contributed by atoms with Crippen LogP contribution in [0, 0.1) is 5.92 Å². The van der Waals surface area contributed by atoms with Crippen LogP contribution in [0.15, 0.2) is 0 Å². The molecule has 0 unspecified atom stereocenters. The number of piperazine rings is 1. The van der Waals surface area contributed by atoms with Crippen LogP contribution in [0.5, 0.6) is 0 Å². The maximum absolute atomic E-state index is 12.5. The molecule has 6 nitrogen and oxygen atoms in total. The lowest BCUT2D eigenvalue weighted by molar-refractivity contribution is -0.127. The number of nitrogens with one attached hydrogen (secondary N) is 2. The normalized spacial score (nSPS) is 27.3. The van der Waals surface area contributed by atoms with E-state index in [4.69, 9.17) is 0 Å². The van der Waals surface area contributed by atoms with Gasteiger partial charge in [-0.05, 0) is 32.6 Å². The molecule has 0 spiro atoms. The van der Waals surface area contributed by atoms with E-state index in [1.165, 1.54) is 19.3 Å². The predicted octanol–water partition coefficient (Wildman–Crippen LogP) is 1.42. The molecule has 3 amide bonds. The van der Waals surface area contributed by atoms with Crippen molar-refractivity contribution in [2.45, 2.75) is 58.5 Å². The molecule has 2 fully saturated rings. The zero-order valence-electron chi connectivity index (χ0n) is 14.8. The minimum atomic E-state index is -0.125. The molecule has 1 aliphatic heterocycles. The van der Waals surface area contributed by atoms with Crippen molar-refractivity contribution >= 4 is 11.9 Å². The maximum Gasteiger partial charge on any atom is 0.317 e. The van der Waals surface area contributed by atoms with Crippen LogP contribution in [0.3, 0.4) is 0 Å². The number of hydrogen-bond acceptors (Lipinski definition) is 3. The Bertz CT molecular complexity index is 407. The van der Waals surface area contributed by atoms with Crippen LogP contribution in [0.4, 0.5) is 4.79 Å². The molecule has 0 bridgehead atoms. The van der Waals surface area contributed by atoms with Gasteiger partial charge in [0.2, 0.25) is 5.91 Å². The third kappa shape index (κ3) is 4.83. The summed E-state index contributed by atoms with van der Waals surface area (Å²) in [6.45, 7) is 9.67. The van der Waals surface area contributed by atoms with Crippen LogP contribution >= 0.6 is 0 Å². The molecular weight excluding hydrogens is 292 g/mol. The van der Waals surface area contributed by atoms with E-state index >= 15 is 0 Å². The highest BCUT2D eigenvalue weighted by Gasteiger charge is 2.30. The Kier molecular flexibility index (Phi) is 6.69. The summed E-state index contributed by atoms with van der Waals surface area (Å²) in [6, 6.07) is 0.205. The number of carbonyl (C=O) groups is 2. The second kappa shape index (κ2) is 8.52. The van der Waals surface area contributed by atoms with Gasteiger partial charge in [0.05, 0.1) is 6.04 Å². The van der Waals surface area contributed by atoms with Crippen LogP contribution in [0.2, 0.25) is 0 Å². The number of amides is 3. The summed E-state index contributed by atoms with van der Waals surface area (Å²) in [5.74, 6) is 0.713. The van der Waals surface area contributed by atoms with Gasteiger partial charge >= 0.3 is 6.03 Å². The van der Waals surface area contributed by atoms with Gasteiger partial charge in [-0.15, -0.1) is 0 Å². The van der Waals surface area contributed by atoms with Gasteiger partial charge in [-0.25, -0.2) is 4.79 Å². The third-order valence-corrected chi connectivity index (χ3v) is 5.30. The molecule has 1 aliphatic carbocycles. The first-order valence-corrected chi connectivity index (χ1v) is 9.10. The zero-order chi connectivity index (χ0) is 16.8. The molecule has 0 aromatic rings. The molecule has 1 saturated heterocycles. The minimum Gasteiger partial charge on any atom is -0.352 e. The highest BCUT2D eigenvalue weighted by Crippen LogP contribution is 2.24. The van der Waals surface area contributed by atoms with E-state index in [1.54, 1.807) is 0 Å². The molecule has 0 aromatic heterocycles. The van der Waals surface area contributed by atoms with Crippen LogP contribution in [-0.4, -0.2) is 66.5 Å². The van der Waals surface area contributed by atoms with Crippen molar-refractivity contribution < 1.29 is 9.59 Å². The number of carbonyl (C=O) groups excluding carboxylic acids is 2. The highest BCUT2D eigenvalue weighted by atomic mass is 16.2. The second-order valence-electron chi connectivity index (χ2n) is 6.91. The summed E-state index contributed by atoms with van der Waals surface area (Å²) in [7, 11) is 0. The fraction of sp³-hybridized carbons (Fsp3) is 0.882. The van der Waals surface area contributed by atoms with E-state index in [0.717, 1.165) is 19.5 Å². The van der Waals surface area contributed by atoms with Gasteiger partial charge in [0, 0.05) is 38.8 Å². The van der Waals surface area contributed by atoms with Gasteiger partial charge in [-0.2, -0.15) is 0 Å². The van der Waals surface area contributed by atoms with Gasteiger partial charge in [-0.1, -0.05) is 19.8 Å². The average Bonchev–Trinajstić information content (AvgIpc) is 2.56. The van der Waals surface area contributed by atoms with Crippen LogP contribution in [0.1, 0.15) is 46.5 Å². The lowest BCUT2D eigenvalue weighted by Crippen LogP contribution is -2.57. The van der Waals surface area contributed by atoms with Crippen molar-refractivity contribution in [3.05, 3.63) is 0 Å². The maximum atomic E-state index is 12.5. The van der Waals surface area contributed by atoms with E-state index < -0.39 is 0 Å². The lowest BCUT2D eigenvalue weighted by Gasteiger charge is -2.38. The minimum absolute atomic E-state index is 0.000264. The predicted molar refractivity (Wildman–Crippen MR) is 91.2 cm³/mol. The molecule has 3 atom stereocenters. The van der Waals surface area contributed by atoms with E-state index in [2.05, 4.69) is 22.5 Å². The van der Waals surface area contributed by atoms with Gasteiger partial charge in [-0.3, -0.25) is 9.69 Å². The topological polar surface area (TPSA) is 64.7 Å². The molecule has 1 heterocycles. The first-order chi connectivity index (χ1) is 11.0. The molecule has 0 radical (unpaired) electrons. The van der Waals surface area contributed by atoms with E-state index in [0.29, 0.717) is 31.6 Å². The smallest absolute Gasteiger partial charge is 0.317 e. The van der Waals surface area contributed by atoms with Crippen LogP contribution in [-0.2, 0) is 4.79 Å². The lowest BCUT2D eigenvalue weighted by atomic mass is 9.86. The first kappa shape index (κ1) is 18.0. The van der Waals surface area contributed by atoms with Crippen LogP contribution < -0.4 is 10.6 Å². The van der Waals surface area contributed by atoms with Gasteiger partial charge in [0.15, 0.2) is 0 Å². The molecule has 1 saturated carbocycles. The van der Waals surface area contributed by atoms with Crippen molar-refractivity contribution in [2.24, 2.45) is 5.92 Å². The van der Waals surface area contributed by atoms with Crippen molar-refractivity contribution in [1.29, 1.82) is 0 Å². The number of hydrogen-bond donors (Lipinski definition) is 2. The summed E-state index contributed by atoms with van der Waals surface area (Å²) in [6.07, 6.45) is 4.81. The largest absolute Gasteiger partial charge is 0.352 e. The van der Waals surface area contributed by atoms with Crippen molar-refractivity contribution in [3.63, 3.8) is 0 Å². The average molecular weight is 324 g/mol. The Morgan fingerprint density at radius 2 is 1.78 bits per heavy atom. The number of rotatable bonds is 4. The molecule has 2 rings (SSSR count). The summed E-state index contributed by atoms with van der Waals surface area (Å²) in [5, 5.41) is 6.08. The summed E-state index contributed by atoms with van der Waals surface area (Å²) < 4.78 is 0. The van der Waals surface area contributed by atoms with Crippen molar-refractivity contribution in [3.8, 4) is 0 Å². The summed E-state index contributed by atoms with van der Waals surface area (Å²) >= 11 is 0. The van der Waals surface area contributed by atoms with Gasteiger partial charge in [0.1, 0.15) is 0 Å². The monoisotopic (exact) mass is 324 g/mol. The fourth-order valence-corrected chi connectivity index (χ4v) is 3.58. The SMILES string of the molecule is CCNC(=O)N1CCN([C@H](C)C(=O)N[C@@H]2CCCC[C@H]2C)CC1. The Balaban J connectivity index is 1.78. The van der Waals surface area contributed by atoms with Crippen LogP contribution in [0.25, 0.3) is 0 Å². The number of urea groups is 1. The summed E-state index contributed by atoms with van der Waals surface area (Å²) in [5.41, 5.74) is 0. The Labute approximate surface area is 140 Å². The summed E-state index contributed by atoms with van der Waals surface area (Å²) in [4.78, 5) is 28.4. The molecule has 2 N–H and O–H groups in total. The van der Waals surface area contributed by atoms with Crippen molar-refractivity contribution in [2.75, 3.05) is 32.7 Å². The molecule has 132 valence electrons. The fourth-order valence-electron chi connectivity index (χ4n) is 3.58. The Morgan fingerprint density at radius 1 is 1.13 bits per heavy atom. The first-order valence-electron chi connectivity index (χ1n) is 9.10. The standard InChI is InChI=1S/C17H32N4O2/c1-4-18-17(23)21-11-9-20(10-12-21)14(3)16(22)19-15-8-6-5-7-13(15)2/h13-15H,4-12H2,1-3H3,(H,18,23)(H,19,22)/t13-,14-,15-/m1/s1. The number of nitrogens with zero attached hydrogens (tertiary/aromatic N) is 2. The van der Waals surface area contributed by atoms with Crippen molar-refractivity contribution in [1.82, 2.24) is 20.4 Å². The second-order valence-corrected chi connectivity index (χ2v) is 6.91. The molecule has 23 heavy (non-hydrogen) atoms. The Morgan fingerprint density at radius 3 is 2.39 bits per heavy atom. The molecule has 6 heteroatoms. The van der Waals surface area contributed by atoms with Gasteiger partial charge < -0.3 is 15.5 Å². The van der Waals surface area contributed by atoms with E-state index in [-0.39, 0.29) is 18.0 Å². The molecule has 0 aromatic carbocycles. The van der Waals surface area contributed by atoms with Gasteiger partial charge in [0.25, 0.3) is 0 Å². The zero-order valence-corrected chi connectivity index (χ0v) is 14.8. The van der Waals surface area contributed by atoms with E-state index in [9.17, 15) is 9.59 Å². The molecular formula is C17H32N4O2. The third-order valence-electron chi connectivity index (χ3n) is 5.30. The Hall–Kier alpha value is -1.30. The highest BCUT2D eigenvalue weighted by molar-refractivity contribution is 5.81. The molecule has 2 aliphatic rings. The van der Waals surface area contributed by atoms with E-state index in [1.807, 2.05) is 18.7 Å². The quantitative estimate of drug-likeness (QED) is 0.822.